The standard InChI is InChI=1S/C24H23BN3O/c1-16-14-27(4)23(12-20(16)18-8-6-5-7-9-18)28-15-22-21(13-25(28)3)19-11-10-17(2)26-24(19)29-22/h5-15H,1-4H3/q+1. The quantitative estimate of drug-likeness (QED) is 0.396. The van der Waals surface area contributed by atoms with E-state index in [1.807, 2.05) is 13.0 Å². The van der Waals surface area contributed by atoms with E-state index in [0.717, 1.165) is 27.5 Å². The van der Waals surface area contributed by atoms with Crippen molar-refractivity contribution < 1.29 is 8.98 Å². The van der Waals surface area contributed by atoms with E-state index in [-0.39, 0.29) is 6.85 Å². The predicted octanol–water partition coefficient (Wildman–Crippen LogP) is 3.14. The highest BCUT2D eigenvalue weighted by atomic mass is 16.3. The number of aromatic nitrogens is 2. The second-order valence-electron chi connectivity index (χ2n) is 7.83. The van der Waals surface area contributed by atoms with Crippen molar-refractivity contribution in [2.45, 2.75) is 20.7 Å². The highest BCUT2D eigenvalue weighted by Gasteiger charge is 2.30. The van der Waals surface area contributed by atoms with E-state index in [1.54, 1.807) is 0 Å². The molecule has 29 heavy (non-hydrogen) atoms. The van der Waals surface area contributed by atoms with Crippen molar-refractivity contribution in [3.8, 4) is 11.1 Å². The van der Waals surface area contributed by atoms with Crippen molar-refractivity contribution in [3.05, 3.63) is 76.6 Å². The third-order valence-electron chi connectivity index (χ3n) is 5.66. The fourth-order valence-corrected chi connectivity index (χ4v) is 4.17. The average Bonchev–Trinajstić information content (AvgIpc) is 3.04. The number of nitrogens with zero attached hydrogens (tertiary/aromatic N) is 3. The van der Waals surface area contributed by atoms with Crippen LogP contribution in [0.3, 0.4) is 0 Å². The molecule has 0 radical (unpaired) electrons. The van der Waals surface area contributed by atoms with Crippen LogP contribution in [0.2, 0.25) is 6.82 Å². The lowest BCUT2D eigenvalue weighted by Gasteiger charge is -2.20. The van der Waals surface area contributed by atoms with Crippen LogP contribution in [0.1, 0.15) is 11.3 Å². The van der Waals surface area contributed by atoms with Gasteiger partial charge in [0, 0.05) is 22.4 Å². The lowest BCUT2D eigenvalue weighted by Crippen LogP contribution is -2.47. The van der Waals surface area contributed by atoms with Gasteiger partial charge in [0.05, 0.1) is 13.2 Å². The van der Waals surface area contributed by atoms with Crippen LogP contribution >= 0.6 is 0 Å². The Labute approximate surface area is 170 Å². The van der Waals surface area contributed by atoms with Gasteiger partial charge < -0.3 is 4.42 Å². The van der Waals surface area contributed by atoms with Crippen LogP contribution in [-0.4, -0.2) is 11.8 Å². The van der Waals surface area contributed by atoms with Crippen molar-refractivity contribution in [1.82, 2.24) is 4.98 Å². The minimum Gasteiger partial charge on any atom is -0.434 e. The summed E-state index contributed by atoms with van der Waals surface area (Å²) in [6.45, 7) is 6.55. The third-order valence-corrected chi connectivity index (χ3v) is 5.66. The second-order valence-corrected chi connectivity index (χ2v) is 7.83. The lowest BCUT2D eigenvalue weighted by molar-refractivity contribution is -0.658. The summed E-state index contributed by atoms with van der Waals surface area (Å²) in [5.74, 6) is 3.38. The SMILES string of the molecule is CB1C=c2c(oc3nc(C)ccc23)=CN1c1cc(-c2ccccc2)c(C)c[n+]1C. The molecule has 0 saturated heterocycles. The van der Waals surface area contributed by atoms with Crippen LogP contribution in [0.25, 0.3) is 34.4 Å². The van der Waals surface area contributed by atoms with Crippen LogP contribution in [0, 0.1) is 13.8 Å². The van der Waals surface area contributed by atoms with Gasteiger partial charge in [-0.25, -0.2) is 9.55 Å². The summed E-state index contributed by atoms with van der Waals surface area (Å²) in [7, 11) is 2.09. The van der Waals surface area contributed by atoms with Crippen molar-refractivity contribution in [2.75, 3.05) is 4.81 Å². The number of aryl methyl sites for hydroxylation is 3. The van der Waals surface area contributed by atoms with Gasteiger partial charge in [-0.05, 0) is 49.5 Å². The number of benzene rings is 1. The maximum atomic E-state index is 6.10. The zero-order chi connectivity index (χ0) is 20.1. The van der Waals surface area contributed by atoms with Crippen LogP contribution in [0.15, 0.2) is 59.1 Å². The Morgan fingerprint density at radius 1 is 1.07 bits per heavy atom. The number of rotatable bonds is 2. The summed E-state index contributed by atoms with van der Waals surface area (Å²) in [6.07, 6.45) is 4.30. The first-order valence-electron chi connectivity index (χ1n) is 9.95. The van der Waals surface area contributed by atoms with E-state index in [1.165, 1.54) is 16.7 Å². The molecular formula is C24H23BN3O+. The van der Waals surface area contributed by atoms with Gasteiger partial charge in [-0.15, -0.1) is 0 Å². The molecule has 142 valence electrons. The normalized spacial score (nSPS) is 13.2. The molecule has 4 heterocycles. The maximum absolute atomic E-state index is 6.10. The topological polar surface area (TPSA) is 33.2 Å². The molecular weight excluding hydrogens is 357 g/mol. The van der Waals surface area contributed by atoms with Crippen molar-refractivity contribution >= 4 is 35.9 Å². The maximum Gasteiger partial charge on any atom is 0.402 e. The first-order valence-corrected chi connectivity index (χ1v) is 9.95. The Kier molecular flexibility index (Phi) is 4.05. The number of anilines is 1. The number of furan rings is 1. The van der Waals surface area contributed by atoms with Gasteiger partial charge in [-0.3, -0.25) is 4.81 Å². The smallest absolute Gasteiger partial charge is 0.402 e. The van der Waals surface area contributed by atoms with E-state index in [0.29, 0.717) is 5.71 Å². The molecule has 0 amide bonds. The van der Waals surface area contributed by atoms with Crippen LogP contribution in [-0.2, 0) is 7.05 Å². The molecule has 0 unspecified atom stereocenters. The molecule has 0 saturated carbocycles. The first kappa shape index (κ1) is 17.7. The van der Waals surface area contributed by atoms with E-state index in [4.69, 9.17) is 4.42 Å². The minimum atomic E-state index is 0.196. The van der Waals surface area contributed by atoms with Crippen molar-refractivity contribution in [3.63, 3.8) is 0 Å². The van der Waals surface area contributed by atoms with Crippen molar-refractivity contribution in [2.24, 2.45) is 7.05 Å². The number of hydrogen-bond donors (Lipinski definition) is 0. The zero-order valence-electron chi connectivity index (χ0n) is 17.2. The number of hydrogen-bond acceptors (Lipinski definition) is 3. The van der Waals surface area contributed by atoms with Gasteiger partial charge >= 0.3 is 6.85 Å². The van der Waals surface area contributed by atoms with E-state index < -0.39 is 0 Å². The molecule has 0 spiro atoms. The fourth-order valence-electron chi connectivity index (χ4n) is 4.17. The largest absolute Gasteiger partial charge is 0.434 e. The molecule has 0 fully saturated rings. The summed E-state index contributed by atoms with van der Waals surface area (Å²) in [6, 6.07) is 16.9. The molecule has 1 aromatic carbocycles. The Bertz CT molecular complexity index is 1360. The molecule has 4 nitrogen and oxygen atoms in total. The molecule has 5 heteroatoms. The Hall–Kier alpha value is -3.34. The van der Waals surface area contributed by atoms with Gasteiger partial charge in [-0.1, -0.05) is 36.3 Å². The summed E-state index contributed by atoms with van der Waals surface area (Å²) >= 11 is 0. The number of fused-ring (bicyclic) bond motifs is 3. The van der Waals surface area contributed by atoms with E-state index in [9.17, 15) is 0 Å². The minimum absolute atomic E-state index is 0.196. The average molecular weight is 380 g/mol. The molecule has 1 aliphatic heterocycles. The molecule has 3 aromatic heterocycles. The zero-order valence-corrected chi connectivity index (χ0v) is 17.2. The van der Waals surface area contributed by atoms with Crippen LogP contribution in [0.5, 0.6) is 0 Å². The summed E-state index contributed by atoms with van der Waals surface area (Å²) in [5.41, 5.74) is 6.25. The Morgan fingerprint density at radius 2 is 1.86 bits per heavy atom. The lowest BCUT2D eigenvalue weighted by atomic mass is 9.61. The van der Waals surface area contributed by atoms with Gasteiger partial charge in [0.2, 0.25) is 5.71 Å². The Balaban J connectivity index is 1.69. The van der Waals surface area contributed by atoms with Gasteiger partial charge in [0.25, 0.3) is 5.82 Å². The summed E-state index contributed by atoms with van der Waals surface area (Å²) < 4.78 is 8.28. The number of pyridine rings is 2. The van der Waals surface area contributed by atoms with E-state index >= 15 is 0 Å². The van der Waals surface area contributed by atoms with Gasteiger partial charge in [0.1, 0.15) is 6.20 Å². The van der Waals surface area contributed by atoms with Crippen LogP contribution < -0.4 is 20.0 Å². The van der Waals surface area contributed by atoms with Crippen molar-refractivity contribution in [1.29, 1.82) is 0 Å². The second kappa shape index (κ2) is 6.62. The molecule has 4 aromatic rings. The molecule has 0 N–H and O–H groups in total. The highest BCUT2D eigenvalue weighted by Crippen LogP contribution is 2.26. The first-order chi connectivity index (χ1) is 14.0. The molecule has 1 aliphatic rings. The summed E-state index contributed by atoms with van der Waals surface area (Å²) in [4.78, 5) is 6.82. The Morgan fingerprint density at radius 3 is 2.66 bits per heavy atom. The third kappa shape index (κ3) is 2.94. The van der Waals surface area contributed by atoms with Gasteiger partial charge in [-0.2, -0.15) is 0 Å². The molecule has 0 aliphatic carbocycles. The van der Waals surface area contributed by atoms with Crippen LogP contribution in [0.4, 0.5) is 5.82 Å². The molecule has 0 atom stereocenters. The fraction of sp³-hybridized carbons (Fsp3) is 0.167. The predicted molar refractivity (Wildman–Crippen MR) is 119 cm³/mol. The molecule has 5 rings (SSSR count). The molecule has 0 bridgehead atoms. The van der Waals surface area contributed by atoms with E-state index in [2.05, 4.69) is 96.0 Å². The highest BCUT2D eigenvalue weighted by molar-refractivity contribution is 6.77. The van der Waals surface area contributed by atoms with Gasteiger partial charge in [0.15, 0.2) is 5.42 Å². The monoisotopic (exact) mass is 380 g/mol. The summed E-state index contributed by atoms with van der Waals surface area (Å²) in [5, 5.41) is 2.21.